The number of methoxy groups -OCH3 is 2. The molecule has 0 fully saturated rings. The Morgan fingerprint density at radius 2 is 2.04 bits per heavy atom. The first-order chi connectivity index (χ1) is 12.6. The van der Waals surface area contributed by atoms with E-state index in [1.54, 1.807) is 14.2 Å². The fourth-order valence-electron chi connectivity index (χ4n) is 2.65. The van der Waals surface area contributed by atoms with Gasteiger partial charge in [0.25, 0.3) is 0 Å². The van der Waals surface area contributed by atoms with Gasteiger partial charge in [0.2, 0.25) is 0 Å². The Kier molecular flexibility index (Phi) is 7.69. The average molecular weight is 419 g/mol. The minimum Gasteiger partial charge on any atom is -0.497 e. The molecule has 2 aromatic rings. The lowest BCUT2D eigenvalue weighted by Crippen LogP contribution is -2.30. The highest BCUT2D eigenvalue weighted by atomic mass is 79.9. The average Bonchev–Trinajstić information content (AvgIpc) is 2.66. The smallest absolute Gasteiger partial charge is 0.127 e. The molecule has 0 atom stereocenters. The summed E-state index contributed by atoms with van der Waals surface area (Å²) in [6, 6.07) is 13.4. The first-order valence-electron chi connectivity index (χ1n) is 8.12. The van der Waals surface area contributed by atoms with E-state index in [4.69, 9.17) is 9.47 Å². The number of rotatable bonds is 9. The topological polar surface area (TPSA) is 54.3 Å². The molecule has 0 radical (unpaired) electrons. The van der Waals surface area contributed by atoms with Crippen molar-refractivity contribution < 1.29 is 14.7 Å². The molecule has 6 heteroatoms. The van der Waals surface area contributed by atoms with Crippen molar-refractivity contribution in [1.29, 1.82) is 0 Å². The van der Waals surface area contributed by atoms with E-state index in [0.717, 1.165) is 27.1 Å². The quantitative estimate of drug-likeness (QED) is 0.285. The van der Waals surface area contributed by atoms with Crippen LogP contribution in [0.5, 0.6) is 11.5 Å². The fraction of sp³-hybridized carbons (Fsp3) is 0.250. The predicted octanol–water partition coefficient (Wildman–Crippen LogP) is 4.33. The van der Waals surface area contributed by atoms with Gasteiger partial charge < -0.3 is 14.7 Å². The second kappa shape index (κ2) is 9.99. The van der Waals surface area contributed by atoms with Gasteiger partial charge in [-0.05, 0) is 18.2 Å². The van der Waals surface area contributed by atoms with E-state index >= 15 is 0 Å². The molecule has 0 heterocycles. The summed E-state index contributed by atoms with van der Waals surface area (Å²) in [5, 5.41) is 13.0. The normalized spacial score (nSPS) is 11.5. The maximum atomic E-state index is 9.50. The Bertz CT molecular complexity index is 777. The van der Waals surface area contributed by atoms with Gasteiger partial charge >= 0.3 is 0 Å². The molecule has 0 aliphatic heterocycles. The molecular weight excluding hydrogens is 396 g/mol. The second-order valence-electron chi connectivity index (χ2n) is 5.69. The number of nitrogens with zero attached hydrogens (tertiary/aromatic N) is 2. The van der Waals surface area contributed by atoms with Crippen molar-refractivity contribution in [1.82, 2.24) is 4.90 Å². The van der Waals surface area contributed by atoms with Gasteiger partial charge in [-0.1, -0.05) is 45.4 Å². The van der Waals surface area contributed by atoms with E-state index < -0.39 is 0 Å². The number of hydrogen-bond donors (Lipinski definition) is 1. The zero-order valence-electron chi connectivity index (χ0n) is 15.0. The van der Waals surface area contributed by atoms with E-state index in [0.29, 0.717) is 25.3 Å². The molecular formula is C20H23BrN2O3. The Balaban J connectivity index is 2.22. The molecule has 1 N–H and O–H groups in total. The fourth-order valence-corrected chi connectivity index (χ4v) is 3.05. The monoisotopic (exact) mass is 418 g/mol. The highest BCUT2D eigenvalue weighted by Crippen LogP contribution is 2.26. The van der Waals surface area contributed by atoms with E-state index in [1.807, 2.05) is 48.5 Å². The first-order valence-corrected chi connectivity index (χ1v) is 8.91. The maximum absolute atomic E-state index is 9.50. The van der Waals surface area contributed by atoms with Crippen molar-refractivity contribution in [3.63, 3.8) is 0 Å². The molecule has 0 aliphatic carbocycles. The molecule has 0 bridgehead atoms. The van der Waals surface area contributed by atoms with Crippen LogP contribution in [0.1, 0.15) is 11.1 Å². The highest BCUT2D eigenvalue weighted by Gasteiger charge is 2.14. The third-order valence-corrected chi connectivity index (χ3v) is 4.42. The predicted molar refractivity (Wildman–Crippen MR) is 107 cm³/mol. The van der Waals surface area contributed by atoms with Gasteiger partial charge in [-0.25, -0.2) is 0 Å². The summed E-state index contributed by atoms with van der Waals surface area (Å²) in [6.07, 6.45) is 1.83. The van der Waals surface area contributed by atoms with Gasteiger partial charge in [0.1, 0.15) is 17.2 Å². The number of ether oxygens (including phenoxy) is 2. The van der Waals surface area contributed by atoms with Crippen molar-refractivity contribution in [3.8, 4) is 11.5 Å². The molecule has 0 amide bonds. The van der Waals surface area contributed by atoms with Gasteiger partial charge in [0, 0.05) is 41.3 Å². The standard InChI is InChI=1S/C20H23BrN2O3/c1-4-10-23(13-16-8-9-18(25-2)12-20(16)26-3)14-19(22-24)15-6-5-7-17(21)11-15/h4-9,11-12,24H,1,10,13-14H2,2-3H3/b22-19-. The van der Waals surface area contributed by atoms with E-state index in [9.17, 15) is 5.21 Å². The zero-order chi connectivity index (χ0) is 18.9. The van der Waals surface area contributed by atoms with Crippen LogP contribution in [0.4, 0.5) is 0 Å². The van der Waals surface area contributed by atoms with Crippen LogP contribution in [0.2, 0.25) is 0 Å². The Morgan fingerprint density at radius 3 is 2.65 bits per heavy atom. The second-order valence-corrected chi connectivity index (χ2v) is 6.61. The largest absolute Gasteiger partial charge is 0.497 e. The summed E-state index contributed by atoms with van der Waals surface area (Å²) < 4.78 is 11.7. The summed E-state index contributed by atoms with van der Waals surface area (Å²) in [5.74, 6) is 1.50. The van der Waals surface area contributed by atoms with Crippen LogP contribution < -0.4 is 9.47 Å². The molecule has 5 nitrogen and oxygen atoms in total. The lowest BCUT2D eigenvalue weighted by molar-refractivity contribution is 0.299. The molecule has 0 aliphatic rings. The molecule has 0 spiro atoms. The van der Waals surface area contributed by atoms with Crippen LogP contribution in [0, 0.1) is 0 Å². The minimum atomic E-state index is 0.466. The van der Waals surface area contributed by atoms with Gasteiger partial charge in [-0.15, -0.1) is 6.58 Å². The molecule has 0 saturated carbocycles. The van der Waals surface area contributed by atoms with Crippen molar-refractivity contribution in [2.45, 2.75) is 6.54 Å². The van der Waals surface area contributed by atoms with Crippen LogP contribution in [0.25, 0.3) is 0 Å². The Labute approximate surface area is 162 Å². The molecule has 138 valence electrons. The summed E-state index contributed by atoms with van der Waals surface area (Å²) in [5.41, 5.74) is 2.46. The molecule has 2 rings (SSSR count). The van der Waals surface area contributed by atoms with Crippen LogP contribution in [0.15, 0.2) is 64.7 Å². The van der Waals surface area contributed by atoms with E-state index in [-0.39, 0.29) is 0 Å². The lowest BCUT2D eigenvalue weighted by Gasteiger charge is -2.22. The van der Waals surface area contributed by atoms with Crippen LogP contribution in [0.3, 0.4) is 0 Å². The lowest BCUT2D eigenvalue weighted by atomic mass is 10.1. The van der Waals surface area contributed by atoms with Crippen molar-refractivity contribution in [2.75, 3.05) is 27.3 Å². The number of oxime groups is 1. The van der Waals surface area contributed by atoms with Crippen molar-refractivity contribution in [3.05, 3.63) is 70.7 Å². The van der Waals surface area contributed by atoms with E-state index in [2.05, 4.69) is 32.6 Å². The van der Waals surface area contributed by atoms with E-state index in [1.165, 1.54) is 0 Å². The van der Waals surface area contributed by atoms with Gasteiger partial charge in [0.15, 0.2) is 0 Å². The minimum absolute atomic E-state index is 0.466. The van der Waals surface area contributed by atoms with Crippen LogP contribution >= 0.6 is 15.9 Å². The zero-order valence-corrected chi connectivity index (χ0v) is 16.6. The van der Waals surface area contributed by atoms with Gasteiger partial charge in [0.05, 0.1) is 14.2 Å². The Morgan fingerprint density at radius 1 is 1.23 bits per heavy atom. The summed E-state index contributed by atoms with van der Waals surface area (Å²) in [7, 11) is 3.26. The third-order valence-electron chi connectivity index (χ3n) is 3.93. The first kappa shape index (κ1) is 20.0. The third kappa shape index (κ3) is 5.34. The number of hydrogen-bond acceptors (Lipinski definition) is 5. The summed E-state index contributed by atoms with van der Waals surface area (Å²) in [6.45, 7) is 5.55. The SMILES string of the molecule is C=CCN(C/C(=N/O)c1cccc(Br)c1)Cc1ccc(OC)cc1OC. The van der Waals surface area contributed by atoms with Crippen LogP contribution in [-0.4, -0.2) is 43.1 Å². The number of benzene rings is 2. The molecule has 0 saturated heterocycles. The van der Waals surface area contributed by atoms with Gasteiger partial charge in [-0.2, -0.15) is 0 Å². The maximum Gasteiger partial charge on any atom is 0.127 e. The Hall–Kier alpha value is -2.31. The van der Waals surface area contributed by atoms with Crippen molar-refractivity contribution in [2.24, 2.45) is 5.16 Å². The molecule has 26 heavy (non-hydrogen) atoms. The molecule has 0 aromatic heterocycles. The van der Waals surface area contributed by atoms with Gasteiger partial charge in [-0.3, -0.25) is 4.90 Å². The summed E-state index contributed by atoms with van der Waals surface area (Å²) >= 11 is 3.45. The number of halogens is 1. The molecule has 2 aromatic carbocycles. The summed E-state index contributed by atoms with van der Waals surface area (Å²) in [4.78, 5) is 2.12. The van der Waals surface area contributed by atoms with Crippen molar-refractivity contribution >= 4 is 21.6 Å². The highest BCUT2D eigenvalue weighted by molar-refractivity contribution is 9.10. The van der Waals surface area contributed by atoms with Crippen LogP contribution in [-0.2, 0) is 6.54 Å². The molecule has 0 unspecified atom stereocenters.